The lowest BCUT2D eigenvalue weighted by Crippen LogP contribution is -2.31. The van der Waals surface area contributed by atoms with E-state index in [2.05, 4.69) is 12.1 Å². The molecule has 1 unspecified atom stereocenters. The summed E-state index contributed by atoms with van der Waals surface area (Å²) in [5.74, 6) is 0.865. The van der Waals surface area contributed by atoms with Gasteiger partial charge in [0.2, 0.25) is 0 Å². The van der Waals surface area contributed by atoms with E-state index in [9.17, 15) is 0 Å². The van der Waals surface area contributed by atoms with Crippen molar-refractivity contribution in [3.8, 4) is 5.75 Å². The highest BCUT2D eigenvalue weighted by atomic mass is 35.5. The molecule has 1 aliphatic rings. The smallest absolute Gasteiger partial charge is 0.124 e. The topological polar surface area (TPSA) is 35.2 Å². The van der Waals surface area contributed by atoms with Crippen molar-refractivity contribution in [2.75, 3.05) is 0 Å². The Morgan fingerprint density at radius 2 is 1.95 bits per heavy atom. The summed E-state index contributed by atoms with van der Waals surface area (Å²) in [6, 6.07) is 16.0. The maximum atomic E-state index is 6.22. The van der Waals surface area contributed by atoms with E-state index in [0.717, 1.165) is 24.2 Å². The SMILES string of the molecule is N[C@H]1CC(Cc2ccccc2)Oc2ccc(Cl)cc21. The van der Waals surface area contributed by atoms with Crippen molar-refractivity contribution in [1.82, 2.24) is 0 Å². The monoisotopic (exact) mass is 273 g/mol. The Hall–Kier alpha value is -1.51. The molecule has 0 saturated heterocycles. The predicted molar refractivity (Wildman–Crippen MR) is 77.6 cm³/mol. The number of fused-ring (bicyclic) bond motifs is 1. The van der Waals surface area contributed by atoms with Gasteiger partial charge in [-0.25, -0.2) is 0 Å². The second-order valence-electron chi connectivity index (χ2n) is 4.95. The number of nitrogens with two attached hydrogens (primary N) is 1. The molecular weight excluding hydrogens is 258 g/mol. The average molecular weight is 274 g/mol. The molecule has 0 aromatic heterocycles. The second kappa shape index (κ2) is 5.24. The van der Waals surface area contributed by atoms with Crippen LogP contribution in [0.3, 0.4) is 0 Å². The van der Waals surface area contributed by atoms with E-state index in [4.69, 9.17) is 22.1 Å². The quantitative estimate of drug-likeness (QED) is 0.905. The lowest BCUT2D eigenvalue weighted by Gasteiger charge is -2.30. The number of halogens is 1. The zero-order valence-corrected chi connectivity index (χ0v) is 11.3. The highest BCUT2D eigenvalue weighted by molar-refractivity contribution is 6.30. The van der Waals surface area contributed by atoms with Gasteiger partial charge >= 0.3 is 0 Å². The van der Waals surface area contributed by atoms with E-state index < -0.39 is 0 Å². The van der Waals surface area contributed by atoms with Crippen molar-refractivity contribution in [3.63, 3.8) is 0 Å². The first-order valence-corrected chi connectivity index (χ1v) is 6.86. The summed E-state index contributed by atoms with van der Waals surface area (Å²) >= 11 is 6.00. The van der Waals surface area contributed by atoms with Gasteiger partial charge in [-0.05, 0) is 23.8 Å². The number of hydrogen-bond acceptors (Lipinski definition) is 2. The number of ether oxygens (including phenoxy) is 1. The van der Waals surface area contributed by atoms with Gasteiger partial charge in [0.15, 0.2) is 0 Å². The molecule has 98 valence electrons. The Labute approximate surface area is 118 Å². The van der Waals surface area contributed by atoms with E-state index in [1.54, 1.807) is 0 Å². The molecule has 2 aromatic rings. The molecule has 0 spiro atoms. The van der Waals surface area contributed by atoms with Crippen LogP contribution in [0.2, 0.25) is 5.02 Å². The van der Waals surface area contributed by atoms with E-state index >= 15 is 0 Å². The Kier molecular flexibility index (Phi) is 3.45. The summed E-state index contributed by atoms with van der Waals surface area (Å²) < 4.78 is 6.02. The van der Waals surface area contributed by atoms with E-state index in [0.29, 0.717) is 5.02 Å². The Morgan fingerprint density at radius 1 is 1.16 bits per heavy atom. The third-order valence-corrected chi connectivity index (χ3v) is 3.72. The van der Waals surface area contributed by atoms with Gasteiger partial charge in [0.05, 0.1) is 0 Å². The molecule has 0 fully saturated rings. The molecule has 1 aliphatic heterocycles. The third-order valence-electron chi connectivity index (χ3n) is 3.49. The lowest BCUT2D eigenvalue weighted by atomic mass is 9.94. The normalized spacial score (nSPS) is 21.6. The maximum Gasteiger partial charge on any atom is 0.124 e. The minimum absolute atomic E-state index is 0.00355. The van der Waals surface area contributed by atoms with Crippen LogP contribution in [0.4, 0.5) is 0 Å². The van der Waals surface area contributed by atoms with Crippen LogP contribution in [-0.4, -0.2) is 6.10 Å². The molecule has 0 aliphatic carbocycles. The van der Waals surface area contributed by atoms with Gasteiger partial charge in [0.1, 0.15) is 11.9 Å². The summed E-state index contributed by atoms with van der Waals surface area (Å²) in [5.41, 5.74) is 8.51. The first kappa shape index (κ1) is 12.5. The Balaban J connectivity index is 1.80. The maximum absolute atomic E-state index is 6.22. The molecule has 2 nitrogen and oxygen atoms in total. The Morgan fingerprint density at radius 3 is 2.74 bits per heavy atom. The minimum Gasteiger partial charge on any atom is -0.490 e. The van der Waals surface area contributed by atoms with Gasteiger partial charge in [-0.15, -0.1) is 0 Å². The largest absolute Gasteiger partial charge is 0.490 e. The van der Waals surface area contributed by atoms with Crippen molar-refractivity contribution in [2.24, 2.45) is 5.73 Å². The molecule has 2 atom stereocenters. The van der Waals surface area contributed by atoms with Crippen LogP contribution in [0, 0.1) is 0 Å². The van der Waals surface area contributed by atoms with Crippen LogP contribution in [0.5, 0.6) is 5.75 Å². The van der Waals surface area contributed by atoms with E-state index in [1.165, 1.54) is 5.56 Å². The van der Waals surface area contributed by atoms with Gasteiger partial charge < -0.3 is 10.5 Å². The molecule has 0 radical (unpaired) electrons. The summed E-state index contributed by atoms with van der Waals surface area (Å²) in [7, 11) is 0. The highest BCUT2D eigenvalue weighted by Crippen LogP contribution is 2.35. The van der Waals surface area contributed by atoms with Gasteiger partial charge in [-0.3, -0.25) is 0 Å². The van der Waals surface area contributed by atoms with Gasteiger partial charge in [0.25, 0.3) is 0 Å². The number of hydrogen-bond donors (Lipinski definition) is 1. The molecule has 2 N–H and O–H groups in total. The van der Waals surface area contributed by atoms with Crippen molar-refractivity contribution in [3.05, 3.63) is 64.7 Å². The molecule has 3 heteroatoms. The van der Waals surface area contributed by atoms with Crippen LogP contribution in [0.15, 0.2) is 48.5 Å². The summed E-state index contributed by atoms with van der Waals surface area (Å²) in [4.78, 5) is 0. The molecule has 2 aromatic carbocycles. The zero-order valence-electron chi connectivity index (χ0n) is 10.6. The molecule has 0 saturated carbocycles. The third kappa shape index (κ3) is 2.75. The number of rotatable bonds is 2. The molecular formula is C16H16ClNO. The first-order chi connectivity index (χ1) is 9.22. The fourth-order valence-corrected chi connectivity index (χ4v) is 2.74. The second-order valence-corrected chi connectivity index (χ2v) is 5.39. The van der Waals surface area contributed by atoms with Gasteiger partial charge in [-0.1, -0.05) is 41.9 Å². The van der Waals surface area contributed by atoms with Crippen molar-refractivity contribution >= 4 is 11.6 Å². The average Bonchev–Trinajstić information content (AvgIpc) is 2.41. The first-order valence-electron chi connectivity index (χ1n) is 6.48. The van der Waals surface area contributed by atoms with Crippen molar-refractivity contribution in [2.45, 2.75) is 25.0 Å². The highest BCUT2D eigenvalue weighted by Gasteiger charge is 2.26. The summed E-state index contributed by atoms with van der Waals surface area (Å²) in [6.07, 6.45) is 1.84. The van der Waals surface area contributed by atoms with E-state index in [-0.39, 0.29) is 12.1 Å². The van der Waals surface area contributed by atoms with Crippen LogP contribution < -0.4 is 10.5 Å². The Bertz CT molecular complexity index is 570. The summed E-state index contributed by atoms with van der Waals surface area (Å²) in [5, 5.41) is 0.708. The number of benzene rings is 2. The molecule has 19 heavy (non-hydrogen) atoms. The van der Waals surface area contributed by atoms with Crippen molar-refractivity contribution in [1.29, 1.82) is 0 Å². The van der Waals surface area contributed by atoms with Gasteiger partial charge in [-0.2, -0.15) is 0 Å². The predicted octanol–water partition coefficient (Wildman–Crippen LogP) is 3.73. The fourth-order valence-electron chi connectivity index (χ4n) is 2.56. The zero-order chi connectivity index (χ0) is 13.2. The minimum atomic E-state index is -0.00355. The summed E-state index contributed by atoms with van der Waals surface area (Å²) in [6.45, 7) is 0. The van der Waals surface area contributed by atoms with Crippen molar-refractivity contribution < 1.29 is 4.74 Å². The lowest BCUT2D eigenvalue weighted by molar-refractivity contribution is 0.159. The molecule has 0 amide bonds. The molecule has 3 rings (SSSR count). The van der Waals surface area contributed by atoms with Crippen LogP contribution in [-0.2, 0) is 6.42 Å². The standard InChI is InChI=1S/C16H16ClNO/c17-12-6-7-16-14(9-12)15(18)10-13(19-16)8-11-4-2-1-3-5-11/h1-7,9,13,15H,8,10,18H2/t13?,15-/m0/s1. The molecule has 0 bridgehead atoms. The van der Waals surface area contributed by atoms with Crippen LogP contribution in [0.1, 0.15) is 23.6 Å². The molecule has 1 heterocycles. The van der Waals surface area contributed by atoms with Crippen LogP contribution >= 0.6 is 11.6 Å². The van der Waals surface area contributed by atoms with Crippen LogP contribution in [0.25, 0.3) is 0 Å². The fraction of sp³-hybridized carbons (Fsp3) is 0.250. The van der Waals surface area contributed by atoms with E-state index in [1.807, 2.05) is 36.4 Å². The van der Waals surface area contributed by atoms with Gasteiger partial charge in [0, 0.05) is 29.5 Å².